The second-order valence-corrected chi connectivity index (χ2v) is 6.59. The van der Waals surface area contributed by atoms with Gasteiger partial charge in [0.1, 0.15) is 23.8 Å². The average Bonchev–Trinajstić information content (AvgIpc) is 3.24. The third-order valence-electron chi connectivity index (χ3n) is 4.75. The third-order valence-corrected chi connectivity index (χ3v) is 4.75. The molecule has 28 heavy (non-hydrogen) atoms. The Morgan fingerprint density at radius 3 is 2.71 bits per heavy atom. The number of halogens is 2. The van der Waals surface area contributed by atoms with E-state index in [2.05, 4.69) is 25.7 Å². The van der Waals surface area contributed by atoms with Crippen molar-refractivity contribution in [1.82, 2.24) is 29.6 Å². The topological polar surface area (TPSA) is 90.0 Å². The lowest BCUT2D eigenvalue weighted by Gasteiger charge is -2.24. The number of benzene rings is 1. The molecule has 1 atom stereocenters. The van der Waals surface area contributed by atoms with Crippen LogP contribution in [0, 0.1) is 18.6 Å². The zero-order valence-corrected chi connectivity index (χ0v) is 14.6. The van der Waals surface area contributed by atoms with Gasteiger partial charge in [0.05, 0.1) is 5.69 Å². The lowest BCUT2D eigenvalue weighted by molar-refractivity contribution is -0.116. The summed E-state index contributed by atoms with van der Waals surface area (Å²) in [6.45, 7) is 1.78. The number of hydrogen-bond donors (Lipinski definition) is 1. The number of carbonyl (C=O) groups is 1. The van der Waals surface area contributed by atoms with Gasteiger partial charge in [-0.25, -0.2) is 8.78 Å². The van der Waals surface area contributed by atoms with Crippen molar-refractivity contribution in [2.75, 3.05) is 5.32 Å². The molecule has 10 heteroatoms. The lowest BCUT2D eigenvalue weighted by atomic mass is 9.85. The fourth-order valence-corrected chi connectivity index (χ4v) is 3.61. The molecule has 4 heterocycles. The van der Waals surface area contributed by atoms with Gasteiger partial charge < -0.3 is 5.32 Å². The van der Waals surface area contributed by atoms with Crippen LogP contribution in [0.4, 0.5) is 14.6 Å². The van der Waals surface area contributed by atoms with Gasteiger partial charge in [0.25, 0.3) is 0 Å². The maximum atomic E-state index is 13.8. The van der Waals surface area contributed by atoms with Crippen LogP contribution in [0.2, 0.25) is 0 Å². The summed E-state index contributed by atoms with van der Waals surface area (Å²) >= 11 is 0. The van der Waals surface area contributed by atoms with E-state index in [4.69, 9.17) is 0 Å². The van der Waals surface area contributed by atoms with E-state index >= 15 is 0 Å². The van der Waals surface area contributed by atoms with Crippen LogP contribution in [0.15, 0.2) is 36.7 Å². The SMILES string of the molecule is Cc1nn(-c2ccc3nncn3n2)c2c1C(c1cc(F)cc(F)c1)CC(=O)N2. The molecule has 0 saturated carbocycles. The first-order chi connectivity index (χ1) is 13.5. The molecule has 8 nitrogen and oxygen atoms in total. The highest BCUT2D eigenvalue weighted by molar-refractivity contribution is 5.95. The summed E-state index contributed by atoms with van der Waals surface area (Å²) in [6, 6.07) is 6.72. The number of fused-ring (bicyclic) bond motifs is 2. The Balaban J connectivity index is 1.69. The van der Waals surface area contributed by atoms with Crippen molar-refractivity contribution in [2.45, 2.75) is 19.3 Å². The second-order valence-electron chi connectivity index (χ2n) is 6.59. The van der Waals surface area contributed by atoms with Crippen LogP contribution in [0.25, 0.3) is 11.5 Å². The molecule has 0 bridgehead atoms. The summed E-state index contributed by atoms with van der Waals surface area (Å²) in [6.07, 6.45) is 1.53. The van der Waals surface area contributed by atoms with Crippen molar-refractivity contribution in [1.29, 1.82) is 0 Å². The summed E-state index contributed by atoms with van der Waals surface area (Å²) < 4.78 is 30.5. The Labute approximate surface area is 156 Å². The summed E-state index contributed by atoms with van der Waals surface area (Å²) in [4.78, 5) is 12.4. The van der Waals surface area contributed by atoms with E-state index in [1.165, 1.54) is 27.7 Å². The van der Waals surface area contributed by atoms with E-state index in [1.54, 1.807) is 19.1 Å². The Morgan fingerprint density at radius 1 is 1.14 bits per heavy atom. The summed E-state index contributed by atoms with van der Waals surface area (Å²) in [5, 5.41) is 19.4. The summed E-state index contributed by atoms with van der Waals surface area (Å²) in [5.41, 5.74) is 2.29. The number of aryl methyl sites for hydroxylation is 1. The number of hydrogen-bond acceptors (Lipinski definition) is 5. The Kier molecular flexibility index (Phi) is 3.48. The molecule has 4 aromatic rings. The monoisotopic (exact) mass is 381 g/mol. The zero-order valence-electron chi connectivity index (χ0n) is 14.6. The van der Waals surface area contributed by atoms with Gasteiger partial charge in [0.2, 0.25) is 5.91 Å². The molecule has 1 amide bonds. The quantitative estimate of drug-likeness (QED) is 0.576. The van der Waals surface area contributed by atoms with Crippen LogP contribution in [0.1, 0.15) is 29.2 Å². The van der Waals surface area contributed by atoms with Crippen LogP contribution in [-0.2, 0) is 4.79 Å². The molecule has 0 spiro atoms. The number of aromatic nitrogens is 6. The maximum Gasteiger partial charge on any atom is 0.226 e. The molecule has 1 aliphatic rings. The molecule has 1 unspecified atom stereocenters. The molecule has 0 fully saturated rings. The molecule has 1 aliphatic heterocycles. The smallest absolute Gasteiger partial charge is 0.226 e. The normalized spacial score (nSPS) is 16.2. The zero-order chi connectivity index (χ0) is 19.4. The van der Waals surface area contributed by atoms with E-state index in [-0.39, 0.29) is 12.3 Å². The lowest BCUT2D eigenvalue weighted by Crippen LogP contribution is -2.25. The first kappa shape index (κ1) is 16.5. The van der Waals surface area contributed by atoms with E-state index in [0.717, 1.165) is 6.07 Å². The van der Waals surface area contributed by atoms with Crippen LogP contribution in [0.5, 0.6) is 0 Å². The van der Waals surface area contributed by atoms with Gasteiger partial charge in [-0.3, -0.25) is 4.79 Å². The first-order valence-electron chi connectivity index (χ1n) is 8.52. The number of carbonyl (C=O) groups excluding carboxylic acids is 1. The highest BCUT2D eigenvalue weighted by Crippen LogP contribution is 2.40. The molecule has 0 saturated heterocycles. The average molecular weight is 381 g/mol. The minimum atomic E-state index is -0.688. The van der Waals surface area contributed by atoms with Gasteiger partial charge in [-0.15, -0.1) is 15.3 Å². The molecular formula is C18H13F2N7O. The first-order valence-corrected chi connectivity index (χ1v) is 8.52. The summed E-state index contributed by atoms with van der Waals surface area (Å²) in [5.74, 6) is -1.28. The number of anilines is 1. The fraction of sp³-hybridized carbons (Fsp3) is 0.167. The molecule has 140 valence electrons. The summed E-state index contributed by atoms with van der Waals surface area (Å²) in [7, 11) is 0. The van der Waals surface area contributed by atoms with Gasteiger partial charge in [-0.2, -0.15) is 14.3 Å². The van der Waals surface area contributed by atoms with Crippen molar-refractivity contribution in [3.05, 3.63) is 65.1 Å². The van der Waals surface area contributed by atoms with E-state index < -0.39 is 17.6 Å². The van der Waals surface area contributed by atoms with E-state index in [0.29, 0.717) is 34.1 Å². The highest BCUT2D eigenvalue weighted by atomic mass is 19.1. The number of nitrogens with zero attached hydrogens (tertiary/aromatic N) is 6. The van der Waals surface area contributed by atoms with E-state index in [9.17, 15) is 13.6 Å². The fourth-order valence-electron chi connectivity index (χ4n) is 3.61. The van der Waals surface area contributed by atoms with Crippen LogP contribution >= 0.6 is 0 Å². The van der Waals surface area contributed by atoms with Crippen molar-refractivity contribution in [3.63, 3.8) is 0 Å². The predicted octanol–water partition coefficient (Wildman–Crippen LogP) is 2.37. The van der Waals surface area contributed by atoms with Crippen LogP contribution < -0.4 is 5.32 Å². The van der Waals surface area contributed by atoms with Crippen molar-refractivity contribution >= 4 is 17.4 Å². The van der Waals surface area contributed by atoms with Gasteiger partial charge in [0.15, 0.2) is 11.5 Å². The molecule has 0 radical (unpaired) electrons. The second kappa shape index (κ2) is 5.91. The Bertz CT molecular complexity index is 1230. The van der Waals surface area contributed by atoms with Crippen molar-refractivity contribution < 1.29 is 13.6 Å². The van der Waals surface area contributed by atoms with Crippen LogP contribution in [-0.4, -0.2) is 35.5 Å². The Hall–Kier alpha value is -3.69. The molecule has 0 aliphatic carbocycles. The van der Waals surface area contributed by atoms with Gasteiger partial charge in [-0.1, -0.05) is 0 Å². The van der Waals surface area contributed by atoms with Crippen LogP contribution in [0.3, 0.4) is 0 Å². The predicted molar refractivity (Wildman–Crippen MR) is 94.1 cm³/mol. The van der Waals surface area contributed by atoms with Gasteiger partial charge in [0, 0.05) is 24.0 Å². The Morgan fingerprint density at radius 2 is 1.93 bits per heavy atom. The largest absolute Gasteiger partial charge is 0.310 e. The minimum absolute atomic E-state index is 0.0698. The van der Waals surface area contributed by atoms with Crippen molar-refractivity contribution in [3.8, 4) is 5.82 Å². The van der Waals surface area contributed by atoms with Crippen molar-refractivity contribution in [2.24, 2.45) is 0 Å². The molecule has 1 aromatic carbocycles. The molecular weight excluding hydrogens is 368 g/mol. The van der Waals surface area contributed by atoms with Gasteiger partial charge >= 0.3 is 0 Å². The third kappa shape index (κ3) is 2.53. The maximum absolute atomic E-state index is 13.8. The number of nitrogens with one attached hydrogen (secondary N) is 1. The van der Waals surface area contributed by atoms with E-state index in [1.807, 2.05) is 0 Å². The number of amides is 1. The molecule has 5 rings (SSSR count). The number of rotatable bonds is 2. The minimum Gasteiger partial charge on any atom is -0.310 e. The standard InChI is InChI=1S/C18H13F2N7O/c1-9-17-13(10-4-11(19)6-12(20)5-10)7-16(28)22-18(17)27(24-9)15-3-2-14-23-21-8-26(14)25-15/h2-6,8,13H,7H2,1H3,(H,22,28). The van der Waals surface area contributed by atoms with Gasteiger partial charge in [-0.05, 0) is 36.8 Å². The highest BCUT2D eigenvalue weighted by Gasteiger charge is 2.33. The molecule has 3 aromatic heterocycles. The molecule has 1 N–H and O–H groups in total.